The molecule has 2 aliphatic rings. The van der Waals surface area contributed by atoms with Gasteiger partial charge >= 0.3 is 5.97 Å². The predicted molar refractivity (Wildman–Crippen MR) is 103 cm³/mol. The lowest BCUT2D eigenvalue weighted by Crippen LogP contribution is -2.30. The van der Waals surface area contributed by atoms with E-state index >= 15 is 0 Å². The quantitative estimate of drug-likeness (QED) is 0.463. The number of esters is 1. The molecule has 0 aromatic heterocycles. The Morgan fingerprint density at radius 2 is 1.64 bits per heavy atom. The Labute approximate surface area is 153 Å². The summed E-state index contributed by atoms with van der Waals surface area (Å²) in [5.74, 6) is 3.54. The first-order valence-electron chi connectivity index (χ1n) is 10.4. The van der Waals surface area contributed by atoms with Gasteiger partial charge in [0.25, 0.3) is 0 Å². The summed E-state index contributed by atoms with van der Waals surface area (Å²) in [6, 6.07) is 7.80. The predicted octanol–water partition coefficient (Wildman–Crippen LogP) is 6.31. The highest BCUT2D eigenvalue weighted by Crippen LogP contribution is 2.42. The molecule has 0 saturated heterocycles. The van der Waals surface area contributed by atoms with Gasteiger partial charge in [-0.1, -0.05) is 44.7 Å². The van der Waals surface area contributed by atoms with Crippen LogP contribution in [0.3, 0.4) is 0 Å². The zero-order valence-electron chi connectivity index (χ0n) is 16.0. The molecule has 25 heavy (non-hydrogen) atoms. The molecule has 0 aliphatic heterocycles. The van der Waals surface area contributed by atoms with E-state index in [2.05, 4.69) is 6.92 Å². The van der Waals surface area contributed by atoms with Crippen molar-refractivity contribution >= 4 is 5.97 Å². The SMILES string of the molecule is CCCC1CCC(C2CCC(C(=O)Oc3cccc(C)c3)CC2)CC1. The summed E-state index contributed by atoms with van der Waals surface area (Å²) < 4.78 is 5.62. The highest BCUT2D eigenvalue weighted by Gasteiger charge is 2.33. The van der Waals surface area contributed by atoms with Gasteiger partial charge in [-0.3, -0.25) is 4.79 Å². The van der Waals surface area contributed by atoms with Gasteiger partial charge in [0.15, 0.2) is 0 Å². The molecule has 0 radical (unpaired) electrons. The van der Waals surface area contributed by atoms with Crippen LogP contribution in [0.1, 0.15) is 76.7 Å². The number of benzene rings is 1. The molecule has 2 heteroatoms. The fraction of sp³-hybridized carbons (Fsp3) is 0.696. The number of rotatable bonds is 5. The lowest BCUT2D eigenvalue weighted by Gasteiger charge is -2.37. The summed E-state index contributed by atoms with van der Waals surface area (Å²) in [7, 11) is 0. The molecule has 0 unspecified atom stereocenters. The van der Waals surface area contributed by atoms with Gasteiger partial charge in [-0.05, 0) is 80.9 Å². The van der Waals surface area contributed by atoms with Gasteiger partial charge in [0, 0.05) is 0 Å². The van der Waals surface area contributed by atoms with Crippen molar-refractivity contribution in [2.24, 2.45) is 23.7 Å². The summed E-state index contributed by atoms with van der Waals surface area (Å²) in [5, 5.41) is 0. The summed E-state index contributed by atoms with van der Waals surface area (Å²) in [4.78, 5) is 12.5. The van der Waals surface area contributed by atoms with Crippen molar-refractivity contribution in [1.29, 1.82) is 0 Å². The molecule has 0 spiro atoms. The number of carbonyl (C=O) groups is 1. The van der Waals surface area contributed by atoms with Gasteiger partial charge in [-0.15, -0.1) is 0 Å². The maximum absolute atomic E-state index is 12.5. The molecule has 2 saturated carbocycles. The van der Waals surface area contributed by atoms with Crippen LogP contribution in [0.5, 0.6) is 5.75 Å². The van der Waals surface area contributed by atoms with Crippen molar-refractivity contribution in [1.82, 2.24) is 0 Å². The number of aryl methyl sites for hydroxylation is 1. The van der Waals surface area contributed by atoms with Gasteiger partial charge < -0.3 is 4.74 Å². The van der Waals surface area contributed by atoms with Gasteiger partial charge in [-0.25, -0.2) is 0 Å². The number of hydrogen-bond donors (Lipinski definition) is 0. The van der Waals surface area contributed by atoms with E-state index in [4.69, 9.17) is 4.74 Å². The first-order valence-corrected chi connectivity index (χ1v) is 10.4. The van der Waals surface area contributed by atoms with Crippen molar-refractivity contribution in [3.63, 3.8) is 0 Å². The van der Waals surface area contributed by atoms with Crippen LogP contribution in [-0.2, 0) is 4.79 Å². The highest BCUT2D eigenvalue weighted by atomic mass is 16.5. The van der Waals surface area contributed by atoms with E-state index in [1.54, 1.807) is 0 Å². The molecule has 2 nitrogen and oxygen atoms in total. The second-order valence-electron chi connectivity index (χ2n) is 8.42. The Bertz CT molecular complexity index is 549. The number of ether oxygens (including phenoxy) is 1. The molecular formula is C23H34O2. The fourth-order valence-corrected chi connectivity index (χ4v) is 5.06. The Hall–Kier alpha value is -1.31. The van der Waals surface area contributed by atoms with Gasteiger partial charge in [0.1, 0.15) is 5.75 Å². The molecule has 0 bridgehead atoms. The Kier molecular flexibility index (Phi) is 6.56. The second kappa shape index (κ2) is 8.87. The van der Waals surface area contributed by atoms with E-state index in [9.17, 15) is 4.79 Å². The van der Waals surface area contributed by atoms with Gasteiger partial charge in [0.2, 0.25) is 0 Å². The maximum atomic E-state index is 12.5. The van der Waals surface area contributed by atoms with Gasteiger partial charge in [-0.2, -0.15) is 0 Å². The molecule has 1 aromatic carbocycles. The Balaban J connectivity index is 1.43. The van der Waals surface area contributed by atoms with E-state index in [1.807, 2.05) is 31.2 Å². The van der Waals surface area contributed by atoms with E-state index < -0.39 is 0 Å². The largest absolute Gasteiger partial charge is 0.426 e. The van der Waals surface area contributed by atoms with Crippen LogP contribution >= 0.6 is 0 Å². The molecule has 0 heterocycles. The lowest BCUT2D eigenvalue weighted by molar-refractivity contribution is -0.140. The first-order chi connectivity index (χ1) is 12.2. The third-order valence-corrected chi connectivity index (χ3v) is 6.57. The van der Waals surface area contributed by atoms with Crippen molar-refractivity contribution in [3.05, 3.63) is 29.8 Å². The van der Waals surface area contributed by atoms with E-state index in [0.29, 0.717) is 5.75 Å². The number of hydrogen-bond acceptors (Lipinski definition) is 2. The zero-order valence-corrected chi connectivity index (χ0v) is 16.0. The third kappa shape index (κ3) is 5.09. The molecule has 3 rings (SSSR count). The second-order valence-corrected chi connectivity index (χ2v) is 8.42. The van der Waals surface area contributed by atoms with Gasteiger partial charge in [0.05, 0.1) is 5.92 Å². The smallest absolute Gasteiger partial charge is 0.314 e. The van der Waals surface area contributed by atoms with Crippen LogP contribution in [0.2, 0.25) is 0 Å². The zero-order chi connectivity index (χ0) is 17.6. The monoisotopic (exact) mass is 342 g/mol. The molecule has 0 amide bonds. The lowest BCUT2D eigenvalue weighted by atomic mass is 9.69. The van der Waals surface area contributed by atoms with Crippen molar-refractivity contribution in [3.8, 4) is 5.75 Å². The molecule has 2 aliphatic carbocycles. The standard InChI is InChI=1S/C23H34O2/c1-3-5-18-8-10-19(11-9-18)20-12-14-21(15-13-20)23(24)25-22-7-4-6-17(2)16-22/h4,6-7,16,18-21H,3,5,8-15H2,1-2H3. The van der Waals surface area contributed by atoms with Crippen LogP contribution in [0.15, 0.2) is 24.3 Å². The minimum Gasteiger partial charge on any atom is -0.426 e. The average molecular weight is 343 g/mol. The summed E-state index contributed by atoms with van der Waals surface area (Å²) >= 11 is 0. The third-order valence-electron chi connectivity index (χ3n) is 6.57. The molecule has 0 atom stereocenters. The molecule has 138 valence electrons. The van der Waals surface area contributed by atoms with Crippen LogP contribution in [0.25, 0.3) is 0 Å². The van der Waals surface area contributed by atoms with Crippen LogP contribution in [-0.4, -0.2) is 5.97 Å². The van der Waals surface area contributed by atoms with E-state index in [0.717, 1.165) is 36.2 Å². The van der Waals surface area contributed by atoms with Crippen LogP contribution in [0, 0.1) is 30.6 Å². The Morgan fingerprint density at radius 1 is 1.00 bits per heavy atom. The summed E-state index contributed by atoms with van der Waals surface area (Å²) in [5.41, 5.74) is 1.13. The molecule has 1 aromatic rings. The Morgan fingerprint density at radius 3 is 2.24 bits per heavy atom. The maximum Gasteiger partial charge on any atom is 0.314 e. The van der Waals surface area contributed by atoms with Crippen molar-refractivity contribution in [2.75, 3.05) is 0 Å². The normalized spacial score (nSPS) is 30.0. The average Bonchev–Trinajstić information content (AvgIpc) is 2.63. The minimum absolute atomic E-state index is 0.0179. The van der Waals surface area contributed by atoms with E-state index in [-0.39, 0.29) is 11.9 Å². The number of carbonyl (C=O) groups excluding carboxylic acids is 1. The van der Waals surface area contributed by atoms with Crippen LogP contribution in [0.4, 0.5) is 0 Å². The highest BCUT2D eigenvalue weighted by molar-refractivity contribution is 5.75. The summed E-state index contributed by atoms with van der Waals surface area (Å²) in [6.45, 7) is 4.33. The fourth-order valence-electron chi connectivity index (χ4n) is 5.06. The molecule has 2 fully saturated rings. The first kappa shape index (κ1) is 18.5. The molecular weight excluding hydrogens is 308 g/mol. The topological polar surface area (TPSA) is 26.3 Å². The van der Waals surface area contributed by atoms with Crippen LogP contribution < -0.4 is 4.74 Å². The van der Waals surface area contributed by atoms with E-state index in [1.165, 1.54) is 51.4 Å². The minimum atomic E-state index is -0.0179. The summed E-state index contributed by atoms with van der Waals surface area (Å²) in [6.07, 6.45) is 13.0. The van der Waals surface area contributed by atoms with Crippen molar-refractivity contribution in [2.45, 2.75) is 78.1 Å². The van der Waals surface area contributed by atoms with Crippen molar-refractivity contribution < 1.29 is 9.53 Å². The molecule has 0 N–H and O–H groups in total.